The molecule has 5 heteroatoms. The van der Waals surface area contributed by atoms with Crippen LogP contribution in [0.1, 0.15) is 0 Å². The summed E-state index contributed by atoms with van der Waals surface area (Å²) in [6.07, 6.45) is 0. The Labute approximate surface area is 74.1 Å². The van der Waals surface area contributed by atoms with Gasteiger partial charge in [-0.25, -0.2) is 10.1 Å². The Morgan fingerprint density at radius 1 is 1.31 bits per heavy atom. The molecule has 2 N–H and O–H groups in total. The van der Waals surface area contributed by atoms with E-state index in [0.717, 1.165) is 0 Å². The van der Waals surface area contributed by atoms with E-state index >= 15 is 0 Å². The van der Waals surface area contributed by atoms with Crippen molar-refractivity contribution in [1.29, 1.82) is 0 Å². The third kappa shape index (κ3) is 2.64. The molecule has 0 radical (unpaired) electrons. The van der Waals surface area contributed by atoms with Crippen LogP contribution in [0.2, 0.25) is 0 Å². The van der Waals surface area contributed by atoms with Gasteiger partial charge in [-0.1, -0.05) is 12.1 Å². The van der Waals surface area contributed by atoms with Crippen LogP contribution in [0, 0.1) is 0 Å². The maximum Gasteiger partial charge on any atom is 0.341 e. The van der Waals surface area contributed by atoms with Crippen molar-refractivity contribution >= 4 is 5.97 Å². The van der Waals surface area contributed by atoms with Gasteiger partial charge in [0.15, 0.2) is 12.4 Å². The summed E-state index contributed by atoms with van der Waals surface area (Å²) in [7, 11) is 0. The van der Waals surface area contributed by atoms with E-state index in [9.17, 15) is 4.79 Å². The molecule has 1 aromatic carbocycles. The molecule has 0 atom stereocenters. The molecular formula is C8H8O5. The Bertz CT molecular complexity index is 296. The lowest BCUT2D eigenvalue weighted by Gasteiger charge is -2.05. The average molecular weight is 184 g/mol. The van der Waals surface area contributed by atoms with Gasteiger partial charge in [0.25, 0.3) is 0 Å². The molecule has 1 aromatic rings. The smallest absolute Gasteiger partial charge is 0.341 e. The van der Waals surface area contributed by atoms with E-state index in [2.05, 4.69) is 4.89 Å². The highest BCUT2D eigenvalue weighted by atomic mass is 17.1. The first-order chi connectivity index (χ1) is 6.24. The summed E-state index contributed by atoms with van der Waals surface area (Å²) in [5.41, 5.74) is 0. The molecule has 1 rings (SSSR count). The summed E-state index contributed by atoms with van der Waals surface area (Å²) in [4.78, 5) is 14.1. The molecule has 0 bridgehead atoms. The Kier molecular flexibility index (Phi) is 3.10. The normalized spacial score (nSPS) is 9.31. The second-order valence-electron chi connectivity index (χ2n) is 2.22. The Morgan fingerprint density at radius 2 is 1.92 bits per heavy atom. The first kappa shape index (κ1) is 9.34. The molecule has 0 aromatic heterocycles. The van der Waals surface area contributed by atoms with Gasteiger partial charge in [-0.05, 0) is 12.1 Å². The van der Waals surface area contributed by atoms with Gasteiger partial charge in [-0.15, -0.1) is 0 Å². The molecule has 0 saturated carbocycles. The number of rotatable bonds is 4. The van der Waals surface area contributed by atoms with Crippen LogP contribution in [0.3, 0.4) is 0 Å². The van der Waals surface area contributed by atoms with Crippen LogP contribution in [0.25, 0.3) is 0 Å². The Balaban J connectivity index is 2.69. The fourth-order valence-corrected chi connectivity index (χ4v) is 0.784. The first-order valence-corrected chi connectivity index (χ1v) is 3.49. The Morgan fingerprint density at radius 3 is 2.46 bits per heavy atom. The number of hydrogen-bond donors (Lipinski definition) is 2. The van der Waals surface area contributed by atoms with E-state index in [0.29, 0.717) is 0 Å². The third-order valence-electron chi connectivity index (χ3n) is 1.30. The van der Waals surface area contributed by atoms with Crippen molar-refractivity contribution in [3.63, 3.8) is 0 Å². The molecule has 70 valence electrons. The molecule has 0 aliphatic rings. The minimum Gasteiger partial charge on any atom is -0.479 e. The lowest BCUT2D eigenvalue weighted by Crippen LogP contribution is -2.09. The first-order valence-electron chi connectivity index (χ1n) is 3.49. The van der Waals surface area contributed by atoms with Gasteiger partial charge < -0.3 is 14.7 Å². The quantitative estimate of drug-likeness (QED) is 0.539. The zero-order valence-corrected chi connectivity index (χ0v) is 6.64. The van der Waals surface area contributed by atoms with Crippen LogP contribution in [0.15, 0.2) is 24.3 Å². The SMILES string of the molecule is O=C(O)COc1ccccc1OO. The second kappa shape index (κ2) is 4.32. The fraction of sp³-hybridized carbons (Fsp3) is 0.125. The van der Waals surface area contributed by atoms with Crippen molar-refractivity contribution in [3.8, 4) is 11.5 Å². The molecule has 13 heavy (non-hydrogen) atoms. The molecule has 5 nitrogen and oxygen atoms in total. The highest BCUT2D eigenvalue weighted by molar-refractivity contribution is 5.68. The van der Waals surface area contributed by atoms with Gasteiger partial charge in [0.05, 0.1) is 0 Å². The van der Waals surface area contributed by atoms with Gasteiger partial charge in [-0.2, -0.15) is 0 Å². The molecule has 0 aliphatic heterocycles. The lowest BCUT2D eigenvalue weighted by molar-refractivity contribution is -0.143. The highest BCUT2D eigenvalue weighted by Crippen LogP contribution is 2.25. The highest BCUT2D eigenvalue weighted by Gasteiger charge is 2.05. The van der Waals surface area contributed by atoms with Crippen LogP contribution < -0.4 is 9.62 Å². The third-order valence-corrected chi connectivity index (χ3v) is 1.30. The average Bonchev–Trinajstić information content (AvgIpc) is 2.15. The summed E-state index contributed by atoms with van der Waals surface area (Å²) in [5.74, 6) is -0.816. The van der Waals surface area contributed by atoms with Gasteiger partial charge in [-0.3, -0.25) is 0 Å². The number of carboxylic acids is 1. The van der Waals surface area contributed by atoms with E-state index in [1.807, 2.05) is 0 Å². The van der Waals surface area contributed by atoms with Crippen molar-refractivity contribution in [2.24, 2.45) is 0 Å². The van der Waals surface area contributed by atoms with Crippen molar-refractivity contribution in [2.45, 2.75) is 0 Å². The molecule has 0 spiro atoms. The zero-order chi connectivity index (χ0) is 9.68. The maximum absolute atomic E-state index is 10.1. The summed E-state index contributed by atoms with van der Waals surface area (Å²) < 4.78 is 4.80. The van der Waals surface area contributed by atoms with Crippen molar-refractivity contribution in [1.82, 2.24) is 0 Å². The largest absolute Gasteiger partial charge is 0.479 e. The Hall–Kier alpha value is -1.75. The molecule has 0 heterocycles. The number of carboxylic acid groups (broad SMARTS) is 1. The maximum atomic E-state index is 10.1. The van der Waals surface area contributed by atoms with E-state index < -0.39 is 12.6 Å². The van der Waals surface area contributed by atoms with Crippen LogP contribution in [-0.2, 0) is 4.79 Å². The fourth-order valence-electron chi connectivity index (χ4n) is 0.784. The molecule has 0 unspecified atom stereocenters. The van der Waals surface area contributed by atoms with E-state index in [1.54, 1.807) is 12.1 Å². The number of benzene rings is 1. The summed E-state index contributed by atoms with van der Waals surface area (Å²) in [5, 5.41) is 16.7. The van der Waals surface area contributed by atoms with E-state index in [4.69, 9.17) is 15.1 Å². The predicted molar refractivity (Wildman–Crippen MR) is 42.8 cm³/mol. The molecule has 0 amide bonds. The minimum absolute atomic E-state index is 0.0868. The number of ether oxygens (including phenoxy) is 1. The van der Waals surface area contributed by atoms with Gasteiger partial charge in [0, 0.05) is 0 Å². The van der Waals surface area contributed by atoms with Crippen LogP contribution in [0.4, 0.5) is 0 Å². The second-order valence-corrected chi connectivity index (χ2v) is 2.22. The number of hydrogen-bond acceptors (Lipinski definition) is 4. The van der Waals surface area contributed by atoms with Crippen LogP contribution in [0.5, 0.6) is 11.5 Å². The monoisotopic (exact) mass is 184 g/mol. The van der Waals surface area contributed by atoms with Crippen molar-refractivity contribution in [3.05, 3.63) is 24.3 Å². The van der Waals surface area contributed by atoms with E-state index in [1.165, 1.54) is 12.1 Å². The van der Waals surface area contributed by atoms with Crippen molar-refractivity contribution < 1.29 is 24.8 Å². The molecular weight excluding hydrogens is 176 g/mol. The number of carbonyl (C=O) groups is 1. The summed E-state index contributed by atoms with van der Waals surface area (Å²) >= 11 is 0. The van der Waals surface area contributed by atoms with Gasteiger partial charge in [0.2, 0.25) is 5.75 Å². The standard InChI is InChI=1S/C8H8O5/c9-8(10)5-12-6-3-1-2-4-7(6)13-11/h1-4,11H,5H2,(H,9,10). The minimum atomic E-state index is -1.09. The number of para-hydroxylation sites is 2. The zero-order valence-electron chi connectivity index (χ0n) is 6.64. The molecule has 0 saturated heterocycles. The number of aliphatic carboxylic acids is 1. The molecule has 0 fully saturated rings. The topological polar surface area (TPSA) is 76.0 Å². The van der Waals surface area contributed by atoms with E-state index in [-0.39, 0.29) is 11.5 Å². The lowest BCUT2D eigenvalue weighted by atomic mass is 10.3. The van der Waals surface area contributed by atoms with Gasteiger partial charge in [0.1, 0.15) is 0 Å². The summed E-state index contributed by atoms with van der Waals surface area (Å²) in [6.45, 7) is -0.472. The van der Waals surface area contributed by atoms with Crippen molar-refractivity contribution in [2.75, 3.05) is 6.61 Å². The predicted octanol–water partition coefficient (Wildman–Crippen LogP) is 1.00. The van der Waals surface area contributed by atoms with Gasteiger partial charge >= 0.3 is 5.97 Å². The van der Waals surface area contributed by atoms with Crippen LogP contribution in [-0.4, -0.2) is 22.9 Å². The van der Waals surface area contributed by atoms with Crippen LogP contribution >= 0.6 is 0 Å². The molecule has 0 aliphatic carbocycles. The summed E-state index contributed by atoms with van der Waals surface area (Å²) in [6, 6.07) is 6.21.